The molecule has 0 bridgehead atoms. The highest BCUT2D eigenvalue weighted by molar-refractivity contribution is 9.10. The molecule has 104 valence electrons. The summed E-state index contributed by atoms with van der Waals surface area (Å²) in [5.41, 5.74) is 2.40. The Balaban J connectivity index is 2.64. The van der Waals surface area contributed by atoms with Crippen LogP contribution in [0.15, 0.2) is 4.47 Å². The van der Waals surface area contributed by atoms with Gasteiger partial charge in [0.2, 0.25) is 0 Å². The third-order valence-corrected chi connectivity index (χ3v) is 4.01. The largest absolute Gasteiger partial charge is 0.319 e. The molecule has 0 aliphatic carbocycles. The molecule has 5 heteroatoms. The first-order valence-electron chi connectivity index (χ1n) is 6.52. The molecular formula is C13H25BrN4. The summed E-state index contributed by atoms with van der Waals surface area (Å²) in [6, 6.07) is 0. The summed E-state index contributed by atoms with van der Waals surface area (Å²) in [6.07, 6.45) is 0.967. The van der Waals surface area contributed by atoms with E-state index in [9.17, 15) is 0 Å². The van der Waals surface area contributed by atoms with Crippen LogP contribution in [0.25, 0.3) is 0 Å². The van der Waals surface area contributed by atoms with Crippen molar-refractivity contribution in [1.82, 2.24) is 20.0 Å². The molecule has 0 aromatic carbocycles. The van der Waals surface area contributed by atoms with Crippen LogP contribution >= 0.6 is 15.9 Å². The van der Waals surface area contributed by atoms with Gasteiger partial charge >= 0.3 is 0 Å². The quantitative estimate of drug-likeness (QED) is 0.835. The third kappa shape index (κ3) is 4.07. The van der Waals surface area contributed by atoms with E-state index in [0.717, 1.165) is 31.7 Å². The fourth-order valence-corrected chi connectivity index (χ4v) is 3.00. The highest BCUT2D eigenvalue weighted by Crippen LogP contribution is 2.22. The minimum absolute atomic E-state index is 0.651. The van der Waals surface area contributed by atoms with E-state index < -0.39 is 0 Å². The first-order valence-corrected chi connectivity index (χ1v) is 7.32. The normalized spacial score (nSPS) is 13.3. The number of hydrogen-bond donors (Lipinski definition) is 1. The zero-order chi connectivity index (χ0) is 13.7. The van der Waals surface area contributed by atoms with Crippen molar-refractivity contribution in [2.45, 2.75) is 26.8 Å². The molecule has 1 atom stereocenters. The van der Waals surface area contributed by atoms with Crippen LogP contribution in [0.1, 0.15) is 25.2 Å². The van der Waals surface area contributed by atoms with E-state index in [-0.39, 0.29) is 0 Å². The van der Waals surface area contributed by atoms with Crippen LogP contribution in [0.5, 0.6) is 0 Å². The van der Waals surface area contributed by atoms with Crippen molar-refractivity contribution in [1.29, 1.82) is 0 Å². The van der Waals surface area contributed by atoms with Crippen molar-refractivity contribution in [2.75, 3.05) is 27.2 Å². The Kier molecular flexibility index (Phi) is 6.32. The summed E-state index contributed by atoms with van der Waals surface area (Å²) in [5, 5.41) is 7.75. The lowest BCUT2D eigenvalue weighted by Crippen LogP contribution is -2.30. The Bertz CT molecular complexity index is 375. The third-order valence-electron chi connectivity index (χ3n) is 3.10. The number of nitrogens with zero attached hydrogens (tertiary/aromatic N) is 3. The molecule has 1 N–H and O–H groups in total. The lowest BCUT2D eigenvalue weighted by molar-refractivity contribution is 0.269. The van der Waals surface area contributed by atoms with Gasteiger partial charge in [0.1, 0.15) is 0 Å². The van der Waals surface area contributed by atoms with Crippen LogP contribution in [0.2, 0.25) is 0 Å². The Morgan fingerprint density at radius 1 is 1.50 bits per heavy atom. The molecule has 1 unspecified atom stereocenters. The maximum absolute atomic E-state index is 4.53. The minimum atomic E-state index is 0.651. The monoisotopic (exact) mass is 316 g/mol. The molecule has 0 amide bonds. The molecule has 18 heavy (non-hydrogen) atoms. The molecule has 0 saturated heterocycles. The predicted octanol–water partition coefficient (Wildman–Crippen LogP) is 2.03. The van der Waals surface area contributed by atoms with E-state index in [2.05, 4.69) is 52.1 Å². The summed E-state index contributed by atoms with van der Waals surface area (Å²) >= 11 is 3.67. The Morgan fingerprint density at radius 3 is 2.67 bits per heavy atom. The van der Waals surface area contributed by atoms with E-state index in [1.807, 2.05) is 18.8 Å². The molecule has 1 aromatic rings. The smallest absolute Gasteiger partial charge is 0.0767 e. The summed E-state index contributed by atoms with van der Waals surface area (Å²) in [6.45, 7) is 7.47. The fraction of sp³-hybridized carbons (Fsp3) is 0.769. The Morgan fingerprint density at radius 2 is 2.17 bits per heavy atom. The molecule has 0 radical (unpaired) electrons. The SMILES string of the molecule is CCc1nn(C)c(CN(C)CC(C)CNC)c1Br. The van der Waals surface area contributed by atoms with Crippen LogP contribution in [0.4, 0.5) is 0 Å². The molecule has 0 saturated carbocycles. The molecule has 0 aliphatic rings. The first kappa shape index (κ1) is 15.7. The zero-order valence-corrected chi connectivity index (χ0v) is 13.7. The lowest BCUT2D eigenvalue weighted by atomic mass is 10.1. The molecule has 0 aliphatic heterocycles. The van der Waals surface area contributed by atoms with Crippen molar-refractivity contribution < 1.29 is 0 Å². The van der Waals surface area contributed by atoms with Crippen LogP contribution < -0.4 is 5.32 Å². The van der Waals surface area contributed by atoms with Gasteiger partial charge in [-0.25, -0.2) is 0 Å². The second-order valence-corrected chi connectivity index (χ2v) is 5.84. The number of rotatable bonds is 7. The van der Waals surface area contributed by atoms with Crippen LogP contribution in [0, 0.1) is 5.92 Å². The van der Waals surface area contributed by atoms with Crippen molar-refractivity contribution in [2.24, 2.45) is 13.0 Å². The van der Waals surface area contributed by atoms with Crippen molar-refractivity contribution in [3.05, 3.63) is 15.9 Å². The van der Waals surface area contributed by atoms with Crippen molar-refractivity contribution in [3.63, 3.8) is 0 Å². The number of aryl methyl sites for hydroxylation is 2. The first-order chi connectivity index (χ1) is 8.49. The molecule has 0 spiro atoms. The second kappa shape index (κ2) is 7.26. The predicted molar refractivity (Wildman–Crippen MR) is 79.7 cm³/mol. The van der Waals surface area contributed by atoms with Gasteiger partial charge in [-0.3, -0.25) is 4.68 Å². The van der Waals surface area contributed by atoms with Crippen LogP contribution in [-0.4, -0.2) is 41.9 Å². The van der Waals surface area contributed by atoms with E-state index in [1.54, 1.807) is 0 Å². The van der Waals surface area contributed by atoms with Gasteiger partial charge < -0.3 is 10.2 Å². The van der Waals surface area contributed by atoms with E-state index in [1.165, 1.54) is 10.2 Å². The number of nitrogens with one attached hydrogen (secondary N) is 1. The summed E-state index contributed by atoms with van der Waals surface area (Å²) in [5.74, 6) is 0.651. The topological polar surface area (TPSA) is 33.1 Å². The number of aromatic nitrogens is 2. The summed E-state index contributed by atoms with van der Waals surface area (Å²) in [7, 11) is 6.18. The molecule has 4 nitrogen and oxygen atoms in total. The molecule has 1 rings (SSSR count). The van der Waals surface area contributed by atoms with Crippen molar-refractivity contribution >= 4 is 15.9 Å². The maximum Gasteiger partial charge on any atom is 0.0767 e. The summed E-state index contributed by atoms with van der Waals surface area (Å²) < 4.78 is 3.16. The Hall–Kier alpha value is -0.390. The average Bonchev–Trinajstić information content (AvgIpc) is 2.56. The van der Waals surface area contributed by atoms with Gasteiger partial charge in [0.25, 0.3) is 0 Å². The zero-order valence-electron chi connectivity index (χ0n) is 12.1. The summed E-state index contributed by atoms with van der Waals surface area (Å²) in [4.78, 5) is 2.35. The maximum atomic E-state index is 4.53. The highest BCUT2D eigenvalue weighted by atomic mass is 79.9. The molecule has 0 fully saturated rings. The van der Waals surface area contributed by atoms with E-state index >= 15 is 0 Å². The van der Waals surface area contributed by atoms with Gasteiger partial charge in [-0.2, -0.15) is 5.10 Å². The van der Waals surface area contributed by atoms with Gasteiger partial charge in [0.05, 0.1) is 15.9 Å². The average molecular weight is 317 g/mol. The van der Waals surface area contributed by atoms with E-state index in [0.29, 0.717) is 5.92 Å². The van der Waals surface area contributed by atoms with Gasteiger partial charge in [-0.1, -0.05) is 13.8 Å². The Labute approximate surface area is 119 Å². The molecule has 1 aromatic heterocycles. The molecule has 1 heterocycles. The van der Waals surface area contributed by atoms with Crippen LogP contribution in [-0.2, 0) is 20.0 Å². The lowest BCUT2D eigenvalue weighted by Gasteiger charge is -2.21. The fourth-order valence-electron chi connectivity index (χ4n) is 2.26. The van der Waals surface area contributed by atoms with Gasteiger partial charge in [-0.05, 0) is 48.9 Å². The number of halogens is 1. The second-order valence-electron chi connectivity index (χ2n) is 5.04. The highest BCUT2D eigenvalue weighted by Gasteiger charge is 2.15. The van der Waals surface area contributed by atoms with Gasteiger partial charge in [0.15, 0.2) is 0 Å². The van der Waals surface area contributed by atoms with Crippen LogP contribution in [0.3, 0.4) is 0 Å². The number of hydrogen-bond acceptors (Lipinski definition) is 3. The van der Waals surface area contributed by atoms with Gasteiger partial charge in [-0.15, -0.1) is 0 Å². The van der Waals surface area contributed by atoms with Gasteiger partial charge in [0, 0.05) is 20.1 Å². The molecular weight excluding hydrogens is 292 g/mol. The standard InChI is InChI=1S/C13H25BrN4/c1-6-11-13(14)12(18(5)16-11)9-17(4)8-10(2)7-15-3/h10,15H,6-9H2,1-5H3. The van der Waals surface area contributed by atoms with E-state index in [4.69, 9.17) is 0 Å². The minimum Gasteiger partial charge on any atom is -0.319 e. The van der Waals surface area contributed by atoms with Crippen molar-refractivity contribution in [3.8, 4) is 0 Å².